The SMILES string of the molecule is CCCCOCCNC1(C)CC1. The van der Waals surface area contributed by atoms with Crippen molar-refractivity contribution < 1.29 is 4.74 Å². The van der Waals surface area contributed by atoms with Gasteiger partial charge in [0.05, 0.1) is 6.61 Å². The number of hydrogen-bond acceptors (Lipinski definition) is 2. The van der Waals surface area contributed by atoms with Gasteiger partial charge in [-0.1, -0.05) is 13.3 Å². The van der Waals surface area contributed by atoms with E-state index in [0.29, 0.717) is 5.54 Å². The van der Waals surface area contributed by atoms with Crippen LogP contribution in [0.25, 0.3) is 0 Å². The number of hydrogen-bond donors (Lipinski definition) is 1. The lowest BCUT2D eigenvalue weighted by Crippen LogP contribution is -2.31. The molecule has 1 aliphatic carbocycles. The fourth-order valence-electron chi connectivity index (χ4n) is 1.14. The van der Waals surface area contributed by atoms with E-state index >= 15 is 0 Å². The van der Waals surface area contributed by atoms with E-state index in [1.165, 1.54) is 25.7 Å². The van der Waals surface area contributed by atoms with Crippen LogP contribution in [0.15, 0.2) is 0 Å². The van der Waals surface area contributed by atoms with E-state index in [4.69, 9.17) is 4.74 Å². The molecule has 2 heteroatoms. The zero-order valence-corrected chi connectivity index (χ0v) is 8.36. The molecule has 0 aromatic carbocycles. The molecule has 0 bridgehead atoms. The predicted octanol–water partition coefficient (Wildman–Crippen LogP) is 1.95. The van der Waals surface area contributed by atoms with Crippen LogP contribution in [0.1, 0.15) is 39.5 Å². The van der Waals surface area contributed by atoms with Gasteiger partial charge in [-0.3, -0.25) is 0 Å². The van der Waals surface area contributed by atoms with Crippen molar-refractivity contribution in [3.63, 3.8) is 0 Å². The van der Waals surface area contributed by atoms with Gasteiger partial charge < -0.3 is 10.1 Å². The Morgan fingerprint density at radius 3 is 2.67 bits per heavy atom. The minimum absolute atomic E-state index is 0.466. The largest absolute Gasteiger partial charge is 0.380 e. The molecule has 1 saturated carbocycles. The van der Waals surface area contributed by atoms with Crippen LogP contribution in [0.5, 0.6) is 0 Å². The molecule has 1 rings (SSSR count). The van der Waals surface area contributed by atoms with Crippen molar-refractivity contribution >= 4 is 0 Å². The van der Waals surface area contributed by atoms with E-state index in [1.54, 1.807) is 0 Å². The fraction of sp³-hybridized carbons (Fsp3) is 1.00. The summed E-state index contributed by atoms with van der Waals surface area (Å²) in [5.41, 5.74) is 0.466. The first kappa shape index (κ1) is 10.0. The molecule has 0 atom stereocenters. The Morgan fingerprint density at radius 2 is 2.08 bits per heavy atom. The highest BCUT2D eigenvalue weighted by Gasteiger charge is 2.35. The van der Waals surface area contributed by atoms with Gasteiger partial charge in [0, 0.05) is 18.7 Å². The molecule has 0 aromatic heterocycles. The van der Waals surface area contributed by atoms with Crippen molar-refractivity contribution in [2.24, 2.45) is 0 Å². The molecular formula is C10H21NO. The summed E-state index contributed by atoms with van der Waals surface area (Å²) in [4.78, 5) is 0. The highest BCUT2D eigenvalue weighted by atomic mass is 16.5. The summed E-state index contributed by atoms with van der Waals surface area (Å²) in [5.74, 6) is 0. The van der Waals surface area contributed by atoms with Crippen molar-refractivity contribution in [1.82, 2.24) is 5.32 Å². The van der Waals surface area contributed by atoms with E-state index in [0.717, 1.165) is 19.8 Å². The Morgan fingerprint density at radius 1 is 1.33 bits per heavy atom. The summed E-state index contributed by atoms with van der Waals surface area (Å²) in [7, 11) is 0. The smallest absolute Gasteiger partial charge is 0.0591 e. The van der Waals surface area contributed by atoms with Crippen LogP contribution in [0.2, 0.25) is 0 Å². The summed E-state index contributed by atoms with van der Waals surface area (Å²) in [6.07, 6.45) is 5.09. The lowest BCUT2D eigenvalue weighted by molar-refractivity contribution is 0.130. The molecule has 0 aliphatic heterocycles. The standard InChI is InChI=1S/C10H21NO/c1-3-4-8-12-9-7-11-10(2)5-6-10/h11H,3-9H2,1-2H3. The number of nitrogens with one attached hydrogen (secondary N) is 1. The molecular weight excluding hydrogens is 150 g/mol. The molecule has 12 heavy (non-hydrogen) atoms. The first-order valence-corrected chi connectivity index (χ1v) is 5.10. The molecule has 0 radical (unpaired) electrons. The molecule has 0 amide bonds. The predicted molar refractivity (Wildman–Crippen MR) is 51.4 cm³/mol. The Bertz CT molecular complexity index is 121. The van der Waals surface area contributed by atoms with Gasteiger partial charge in [-0.2, -0.15) is 0 Å². The number of unbranched alkanes of at least 4 members (excludes halogenated alkanes) is 1. The topological polar surface area (TPSA) is 21.3 Å². The normalized spacial score (nSPS) is 19.5. The van der Waals surface area contributed by atoms with Gasteiger partial charge >= 0.3 is 0 Å². The number of rotatable bonds is 7. The van der Waals surface area contributed by atoms with Crippen molar-refractivity contribution in [1.29, 1.82) is 0 Å². The second-order valence-electron chi connectivity index (χ2n) is 3.95. The molecule has 1 N–H and O–H groups in total. The molecule has 0 heterocycles. The van der Waals surface area contributed by atoms with Gasteiger partial charge in [0.1, 0.15) is 0 Å². The molecule has 0 unspecified atom stereocenters. The quantitative estimate of drug-likeness (QED) is 0.591. The molecule has 0 saturated heterocycles. The Balaban J connectivity index is 1.77. The highest BCUT2D eigenvalue weighted by molar-refractivity contribution is 4.97. The average molecular weight is 171 g/mol. The fourth-order valence-corrected chi connectivity index (χ4v) is 1.14. The minimum Gasteiger partial charge on any atom is -0.380 e. The molecule has 0 aromatic rings. The first-order valence-electron chi connectivity index (χ1n) is 5.10. The second-order valence-corrected chi connectivity index (χ2v) is 3.95. The van der Waals surface area contributed by atoms with Crippen LogP contribution < -0.4 is 5.32 Å². The zero-order valence-electron chi connectivity index (χ0n) is 8.36. The van der Waals surface area contributed by atoms with Crippen LogP contribution in [-0.4, -0.2) is 25.3 Å². The molecule has 2 nitrogen and oxygen atoms in total. The van der Waals surface area contributed by atoms with E-state index in [2.05, 4.69) is 19.2 Å². The Labute approximate surface area is 75.7 Å². The van der Waals surface area contributed by atoms with Crippen molar-refractivity contribution in [3.8, 4) is 0 Å². The zero-order chi connectivity index (χ0) is 8.86. The van der Waals surface area contributed by atoms with E-state index in [1.807, 2.05) is 0 Å². The van der Waals surface area contributed by atoms with Gasteiger partial charge in [0.25, 0.3) is 0 Å². The molecule has 72 valence electrons. The summed E-state index contributed by atoms with van der Waals surface area (Å²) < 4.78 is 5.43. The van der Waals surface area contributed by atoms with Crippen molar-refractivity contribution in [2.45, 2.75) is 45.1 Å². The molecule has 1 aliphatic rings. The highest BCUT2D eigenvalue weighted by Crippen LogP contribution is 2.33. The third kappa shape index (κ3) is 4.07. The second kappa shape index (κ2) is 4.83. The first-order chi connectivity index (χ1) is 5.77. The summed E-state index contributed by atoms with van der Waals surface area (Å²) in [6, 6.07) is 0. The maximum atomic E-state index is 5.43. The van der Waals surface area contributed by atoms with E-state index in [-0.39, 0.29) is 0 Å². The maximum Gasteiger partial charge on any atom is 0.0591 e. The Kier molecular flexibility index (Phi) is 4.02. The van der Waals surface area contributed by atoms with Crippen LogP contribution in [-0.2, 0) is 4.74 Å². The van der Waals surface area contributed by atoms with Gasteiger partial charge in [-0.05, 0) is 26.2 Å². The number of ether oxygens (including phenoxy) is 1. The minimum atomic E-state index is 0.466. The lowest BCUT2D eigenvalue weighted by atomic mass is 10.3. The monoisotopic (exact) mass is 171 g/mol. The average Bonchev–Trinajstić information content (AvgIpc) is 2.77. The van der Waals surface area contributed by atoms with Crippen molar-refractivity contribution in [3.05, 3.63) is 0 Å². The summed E-state index contributed by atoms with van der Waals surface area (Å²) in [6.45, 7) is 7.27. The third-order valence-electron chi connectivity index (χ3n) is 2.44. The van der Waals surface area contributed by atoms with Gasteiger partial charge in [0.2, 0.25) is 0 Å². The van der Waals surface area contributed by atoms with Crippen LogP contribution in [0, 0.1) is 0 Å². The van der Waals surface area contributed by atoms with Crippen molar-refractivity contribution in [2.75, 3.05) is 19.8 Å². The Hall–Kier alpha value is -0.0800. The van der Waals surface area contributed by atoms with Gasteiger partial charge in [-0.25, -0.2) is 0 Å². The summed E-state index contributed by atoms with van der Waals surface area (Å²) >= 11 is 0. The summed E-state index contributed by atoms with van der Waals surface area (Å²) in [5, 5.41) is 3.48. The van der Waals surface area contributed by atoms with Gasteiger partial charge in [-0.15, -0.1) is 0 Å². The van der Waals surface area contributed by atoms with Crippen LogP contribution >= 0.6 is 0 Å². The van der Waals surface area contributed by atoms with Gasteiger partial charge in [0.15, 0.2) is 0 Å². The lowest BCUT2D eigenvalue weighted by Gasteiger charge is -2.10. The third-order valence-corrected chi connectivity index (χ3v) is 2.44. The maximum absolute atomic E-state index is 5.43. The molecule has 0 spiro atoms. The van der Waals surface area contributed by atoms with E-state index in [9.17, 15) is 0 Å². The van der Waals surface area contributed by atoms with E-state index < -0.39 is 0 Å². The van der Waals surface area contributed by atoms with Crippen LogP contribution in [0.4, 0.5) is 0 Å². The molecule has 1 fully saturated rings. The van der Waals surface area contributed by atoms with Crippen LogP contribution in [0.3, 0.4) is 0 Å².